The first kappa shape index (κ1) is 12.1. The lowest BCUT2D eigenvalue weighted by atomic mass is 10.2. The van der Waals surface area contributed by atoms with Crippen molar-refractivity contribution in [2.75, 3.05) is 0 Å². The first-order valence-corrected chi connectivity index (χ1v) is 6.58. The van der Waals surface area contributed by atoms with Crippen LogP contribution < -0.4 is 0 Å². The third kappa shape index (κ3) is 4.19. The minimum Gasteiger partial charge on any atom is -0.0963 e. The zero-order valence-electron chi connectivity index (χ0n) is 9.14. The number of hydrogen-bond acceptors (Lipinski definition) is 1. The summed E-state index contributed by atoms with van der Waals surface area (Å²) in [5, 5.41) is 0. The van der Waals surface area contributed by atoms with Gasteiger partial charge in [-0.25, -0.2) is 0 Å². The number of rotatable bonds is 2. The summed E-state index contributed by atoms with van der Waals surface area (Å²) in [6.07, 6.45) is 0. The molecule has 0 radical (unpaired) electrons. The van der Waals surface area contributed by atoms with Gasteiger partial charge in [0.05, 0.1) is 0 Å². The van der Waals surface area contributed by atoms with Gasteiger partial charge in [-0.05, 0) is 24.3 Å². The van der Waals surface area contributed by atoms with Crippen LogP contribution in [0.15, 0.2) is 65.6 Å². The fraction of sp³-hybridized carbons (Fsp3) is 0.0667. The van der Waals surface area contributed by atoms with E-state index in [1.807, 2.05) is 60.7 Å². The van der Waals surface area contributed by atoms with Crippen molar-refractivity contribution >= 4 is 23.4 Å². The number of benzene rings is 2. The van der Waals surface area contributed by atoms with E-state index in [2.05, 4.69) is 11.8 Å². The molecule has 0 aliphatic rings. The third-order valence-corrected chi connectivity index (χ3v) is 3.33. The minimum absolute atomic E-state index is 0.224. The van der Waals surface area contributed by atoms with Gasteiger partial charge in [0.1, 0.15) is 4.71 Å². The maximum Gasteiger partial charge on any atom is 0.144 e. The summed E-state index contributed by atoms with van der Waals surface area (Å²) in [5.41, 5.74) is 0.992. The first-order valence-electron chi connectivity index (χ1n) is 5.27. The molecule has 0 spiro atoms. The SMILES string of the molecule is ClC(C#Cc1ccccc1)Sc1ccccc1. The van der Waals surface area contributed by atoms with Crippen LogP contribution in [0.25, 0.3) is 0 Å². The maximum atomic E-state index is 6.15. The van der Waals surface area contributed by atoms with Crippen molar-refractivity contribution in [2.45, 2.75) is 9.60 Å². The van der Waals surface area contributed by atoms with Gasteiger partial charge in [-0.2, -0.15) is 0 Å². The zero-order valence-corrected chi connectivity index (χ0v) is 10.7. The van der Waals surface area contributed by atoms with Crippen molar-refractivity contribution in [3.8, 4) is 11.8 Å². The Balaban J connectivity index is 1.99. The molecule has 0 amide bonds. The van der Waals surface area contributed by atoms with E-state index in [1.165, 1.54) is 0 Å². The van der Waals surface area contributed by atoms with E-state index < -0.39 is 0 Å². The lowest BCUT2D eigenvalue weighted by Gasteiger charge is -2.01. The Hall–Kier alpha value is -1.36. The molecule has 0 fully saturated rings. The van der Waals surface area contributed by atoms with Gasteiger partial charge >= 0.3 is 0 Å². The zero-order chi connectivity index (χ0) is 11.9. The van der Waals surface area contributed by atoms with Crippen LogP contribution in [-0.4, -0.2) is 4.71 Å². The average molecular weight is 259 g/mol. The molecule has 0 nitrogen and oxygen atoms in total. The Kier molecular flexibility index (Phi) is 4.55. The molecular formula is C15H11ClS. The van der Waals surface area contributed by atoms with E-state index in [0.29, 0.717) is 0 Å². The lowest BCUT2D eigenvalue weighted by Crippen LogP contribution is -1.86. The number of thioether (sulfide) groups is 1. The minimum atomic E-state index is -0.224. The van der Waals surface area contributed by atoms with Gasteiger partial charge in [0.25, 0.3) is 0 Å². The molecule has 0 bridgehead atoms. The molecular weight excluding hydrogens is 248 g/mol. The summed E-state index contributed by atoms with van der Waals surface area (Å²) in [4.78, 5) is 1.13. The summed E-state index contributed by atoms with van der Waals surface area (Å²) in [6, 6.07) is 19.9. The first-order chi connectivity index (χ1) is 8.34. The number of halogens is 1. The molecule has 1 atom stereocenters. The molecule has 2 rings (SSSR count). The van der Waals surface area contributed by atoms with Crippen LogP contribution in [0.1, 0.15) is 5.56 Å². The van der Waals surface area contributed by atoms with Crippen LogP contribution in [0.5, 0.6) is 0 Å². The quantitative estimate of drug-likeness (QED) is 0.437. The van der Waals surface area contributed by atoms with E-state index >= 15 is 0 Å². The van der Waals surface area contributed by atoms with Gasteiger partial charge in [0.15, 0.2) is 0 Å². The second-order valence-electron chi connectivity index (χ2n) is 3.38. The van der Waals surface area contributed by atoms with E-state index in [9.17, 15) is 0 Å². The Bertz CT molecular complexity index is 511. The molecule has 0 N–H and O–H groups in total. The van der Waals surface area contributed by atoms with Gasteiger partial charge in [0, 0.05) is 10.5 Å². The summed E-state index contributed by atoms with van der Waals surface area (Å²) >= 11 is 7.71. The van der Waals surface area contributed by atoms with Gasteiger partial charge in [-0.1, -0.05) is 71.6 Å². The number of alkyl halides is 1. The lowest BCUT2D eigenvalue weighted by molar-refractivity contribution is 1.45. The molecule has 0 aliphatic carbocycles. The molecule has 0 saturated carbocycles. The Morgan fingerprint density at radius 2 is 1.47 bits per heavy atom. The van der Waals surface area contributed by atoms with E-state index in [0.717, 1.165) is 10.5 Å². The third-order valence-electron chi connectivity index (χ3n) is 2.09. The van der Waals surface area contributed by atoms with Gasteiger partial charge in [-0.15, -0.1) is 0 Å². The van der Waals surface area contributed by atoms with Crippen molar-refractivity contribution in [3.63, 3.8) is 0 Å². The second-order valence-corrected chi connectivity index (χ2v) is 5.26. The van der Waals surface area contributed by atoms with Crippen LogP contribution in [0.3, 0.4) is 0 Å². The van der Waals surface area contributed by atoms with E-state index in [4.69, 9.17) is 11.6 Å². The molecule has 1 unspecified atom stereocenters. The highest BCUT2D eigenvalue weighted by atomic mass is 35.5. The predicted molar refractivity (Wildman–Crippen MR) is 75.3 cm³/mol. The molecule has 2 aromatic rings. The van der Waals surface area contributed by atoms with Crippen molar-refractivity contribution < 1.29 is 0 Å². The average Bonchev–Trinajstić information content (AvgIpc) is 2.39. The van der Waals surface area contributed by atoms with Crippen LogP contribution in [0.4, 0.5) is 0 Å². The smallest absolute Gasteiger partial charge is 0.0963 e. The predicted octanol–water partition coefficient (Wildman–Crippen LogP) is 4.40. The van der Waals surface area contributed by atoms with Crippen LogP contribution in [0, 0.1) is 11.8 Å². The molecule has 17 heavy (non-hydrogen) atoms. The molecule has 0 aliphatic heterocycles. The molecule has 2 aromatic carbocycles. The van der Waals surface area contributed by atoms with E-state index in [1.54, 1.807) is 11.8 Å². The van der Waals surface area contributed by atoms with Crippen molar-refractivity contribution in [3.05, 3.63) is 66.2 Å². The standard InChI is InChI=1S/C15H11ClS/c16-15(17-14-9-5-2-6-10-14)12-11-13-7-3-1-4-8-13/h1-10,15H. The van der Waals surface area contributed by atoms with Crippen LogP contribution >= 0.6 is 23.4 Å². The maximum absolute atomic E-state index is 6.15. The summed E-state index contributed by atoms with van der Waals surface area (Å²) < 4.78 is -0.224. The Labute approximate surface area is 111 Å². The van der Waals surface area contributed by atoms with Gasteiger partial charge < -0.3 is 0 Å². The van der Waals surface area contributed by atoms with Gasteiger partial charge in [0.2, 0.25) is 0 Å². The van der Waals surface area contributed by atoms with Crippen molar-refractivity contribution in [1.82, 2.24) is 0 Å². The molecule has 84 valence electrons. The molecule has 0 aromatic heterocycles. The summed E-state index contributed by atoms with van der Waals surface area (Å²) in [5.74, 6) is 6.09. The largest absolute Gasteiger partial charge is 0.144 e. The highest BCUT2D eigenvalue weighted by molar-refractivity contribution is 8.01. The fourth-order valence-electron chi connectivity index (χ4n) is 1.31. The fourth-order valence-corrected chi connectivity index (χ4v) is 2.34. The Morgan fingerprint density at radius 3 is 2.12 bits per heavy atom. The van der Waals surface area contributed by atoms with Crippen LogP contribution in [0.2, 0.25) is 0 Å². The second kappa shape index (κ2) is 6.39. The normalized spacial score (nSPS) is 11.4. The summed E-state index contributed by atoms with van der Waals surface area (Å²) in [6.45, 7) is 0. The monoisotopic (exact) mass is 258 g/mol. The number of hydrogen-bond donors (Lipinski definition) is 0. The van der Waals surface area contributed by atoms with Crippen molar-refractivity contribution in [2.24, 2.45) is 0 Å². The van der Waals surface area contributed by atoms with Crippen molar-refractivity contribution in [1.29, 1.82) is 0 Å². The Morgan fingerprint density at radius 1 is 0.882 bits per heavy atom. The van der Waals surface area contributed by atoms with Gasteiger partial charge in [-0.3, -0.25) is 0 Å². The molecule has 0 saturated heterocycles. The summed E-state index contributed by atoms with van der Waals surface area (Å²) in [7, 11) is 0. The topological polar surface area (TPSA) is 0 Å². The van der Waals surface area contributed by atoms with Crippen LogP contribution in [-0.2, 0) is 0 Å². The van der Waals surface area contributed by atoms with E-state index in [-0.39, 0.29) is 4.71 Å². The molecule has 2 heteroatoms. The highest BCUT2D eigenvalue weighted by Crippen LogP contribution is 2.24. The highest BCUT2D eigenvalue weighted by Gasteiger charge is 2.01. The molecule has 0 heterocycles.